The van der Waals surface area contributed by atoms with Crippen molar-refractivity contribution in [3.8, 4) is 0 Å². The summed E-state index contributed by atoms with van der Waals surface area (Å²) in [6.45, 7) is 0. The highest BCUT2D eigenvalue weighted by Gasteiger charge is 2.35. The lowest BCUT2D eigenvalue weighted by atomic mass is 10.1. The third-order valence-corrected chi connectivity index (χ3v) is 6.64. The summed E-state index contributed by atoms with van der Waals surface area (Å²) in [6.07, 6.45) is 2.38. The molecule has 0 spiro atoms. The largest absolute Gasteiger partial charge is 0.305 e. The van der Waals surface area contributed by atoms with Crippen LogP contribution in [0.4, 0.5) is 0 Å². The van der Waals surface area contributed by atoms with E-state index in [0.29, 0.717) is 10.9 Å². The molecule has 1 aromatic rings. The van der Waals surface area contributed by atoms with E-state index in [-0.39, 0.29) is 11.8 Å². The van der Waals surface area contributed by atoms with Gasteiger partial charge in [0.25, 0.3) is 0 Å². The molecule has 2 unspecified atom stereocenters. The van der Waals surface area contributed by atoms with Crippen LogP contribution in [0.5, 0.6) is 0 Å². The van der Waals surface area contributed by atoms with Crippen molar-refractivity contribution in [1.82, 2.24) is 5.32 Å². The molecule has 0 bridgehead atoms. The first-order chi connectivity index (χ1) is 8.67. The van der Waals surface area contributed by atoms with Gasteiger partial charge < -0.3 is 5.32 Å². The smallest absolute Gasteiger partial charge is 0.180 e. The van der Waals surface area contributed by atoms with E-state index in [4.69, 9.17) is 0 Å². The second-order valence-electron chi connectivity index (χ2n) is 4.95. The molecule has 2 aliphatic heterocycles. The Bertz CT molecular complexity index is 536. The average Bonchev–Trinajstić information content (AvgIpc) is 2.63. The number of rotatable bonds is 2. The molecule has 1 fully saturated rings. The predicted molar refractivity (Wildman–Crippen MR) is 74.7 cm³/mol. The fourth-order valence-corrected chi connectivity index (χ4v) is 5.58. The summed E-state index contributed by atoms with van der Waals surface area (Å²) in [5.74, 6) is 2.55. The highest BCUT2D eigenvalue weighted by molar-refractivity contribution is 7.99. The second kappa shape index (κ2) is 4.87. The summed E-state index contributed by atoms with van der Waals surface area (Å²) >= 11 is 1.96. The van der Waals surface area contributed by atoms with Gasteiger partial charge in [-0.1, -0.05) is 18.2 Å². The van der Waals surface area contributed by atoms with E-state index in [1.54, 1.807) is 12.1 Å². The van der Waals surface area contributed by atoms with Crippen LogP contribution in [0.1, 0.15) is 24.4 Å². The van der Waals surface area contributed by atoms with Crippen LogP contribution in [0, 0.1) is 0 Å². The summed E-state index contributed by atoms with van der Waals surface area (Å²) in [5.41, 5.74) is 0.952. The number of nitrogens with one attached hydrogen (secondary N) is 1. The molecule has 3 rings (SSSR count). The van der Waals surface area contributed by atoms with Crippen LogP contribution in [0.3, 0.4) is 0 Å². The van der Waals surface area contributed by atoms with Gasteiger partial charge in [0.15, 0.2) is 9.84 Å². The van der Waals surface area contributed by atoms with Crippen molar-refractivity contribution in [3.05, 3.63) is 29.8 Å². The predicted octanol–water partition coefficient (Wildman–Crippen LogP) is 2.00. The number of benzene rings is 1. The first kappa shape index (κ1) is 12.5. The van der Waals surface area contributed by atoms with Crippen molar-refractivity contribution in [1.29, 1.82) is 0 Å². The molecule has 0 aromatic heterocycles. The molecule has 98 valence electrons. The van der Waals surface area contributed by atoms with Crippen LogP contribution in [0.2, 0.25) is 0 Å². The van der Waals surface area contributed by atoms with Crippen molar-refractivity contribution in [2.45, 2.75) is 29.8 Å². The quantitative estimate of drug-likeness (QED) is 0.902. The minimum atomic E-state index is -3.07. The van der Waals surface area contributed by atoms with Crippen LogP contribution >= 0.6 is 11.8 Å². The minimum Gasteiger partial charge on any atom is -0.305 e. The van der Waals surface area contributed by atoms with Crippen LogP contribution in [-0.4, -0.2) is 31.7 Å². The van der Waals surface area contributed by atoms with Gasteiger partial charge in [0.1, 0.15) is 0 Å². The van der Waals surface area contributed by atoms with Crippen LogP contribution < -0.4 is 5.32 Å². The van der Waals surface area contributed by atoms with Crippen LogP contribution in [0.15, 0.2) is 29.2 Å². The van der Waals surface area contributed by atoms with Crippen molar-refractivity contribution < 1.29 is 8.42 Å². The number of hydrogen-bond donors (Lipinski definition) is 1. The van der Waals surface area contributed by atoms with Crippen molar-refractivity contribution in [2.75, 3.05) is 17.3 Å². The zero-order valence-electron chi connectivity index (χ0n) is 10.1. The van der Waals surface area contributed by atoms with Crippen molar-refractivity contribution >= 4 is 21.6 Å². The molecule has 1 N–H and O–H groups in total. The number of hydrogen-bond acceptors (Lipinski definition) is 4. The van der Waals surface area contributed by atoms with Crippen LogP contribution in [0.25, 0.3) is 0 Å². The van der Waals surface area contributed by atoms with Gasteiger partial charge in [-0.05, 0) is 30.2 Å². The van der Waals surface area contributed by atoms with Gasteiger partial charge in [-0.3, -0.25) is 0 Å². The Morgan fingerprint density at radius 3 is 2.89 bits per heavy atom. The molecule has 2 aliphatic rings. The molecule has 1 saturated heterocycles. The number of fused-ring (bicyclic) bond motifs is 1. The zero-order chi connectivity index (χ0) is 12.6. The van der Waals surface area contributed by atoms with E-state index in [0.717, 1.165) is 17.7 Å². The molecule has 0 amide bonds. The lowest BCUT2D eigenvalue weighted by molar-refractivity contribution is 0.455. The molecule has 2 heterocycles. The van der Waals surface area contributed by atoms with Gasteiger partial charge in [0.05, 0.1) is 10.6 Å². The molecule has 0 saturated carbocycles. The maximum atomic E-state index is 12.1. The molecule has 0 radical (unpaired) electrons. The van der Waals surface area contributed by atoms with Crippen LogP contribution in [-0.2, 0) is 9.84 Å². The maximum Gasteiger partial charge on any atom is 0.180 e. The Hall–Kier alpha value is -0.520. The lowest BCUT2D eigenvalue weighted by Crippen LogP contribution is -2.37. The summed E-state index contributed by atoms with van der Waals surface area (Å²) in [7, 11) is -3.07. The van der Waals surface area contributed by atoms with E-state index in [1.165, 1.54) is 12.2 Å². The van der Waals surface area contributed by atoms with Gasteiger partial charge >= 0.3 is 0 Å². The fourth-order valence-electron chi connectivity index (χ4n) is 2.75. The third-order valence-electron chi connectivity index (χ3n) is 3.61. The molecule has 3 nitrogen and oxygen atoms in total. The highest BCUT2D eigenvalue weighted by atomic mass is 32.2. The van der Waals surface area contributed by atoms with E-state index >= 15 is 0 Å². The molecule has 0 aliphatic carbocycles. The van der Waals surface area contributed by atoms with Gasteiger partial charge in [-0.25, -0.2) is 8.42 Å². The Kier molecular flexibility index (Phi) is 3.38. The molecular formula is C13H17NO2S2. The molecular weight excluding hydrogens is 266 g/mol. The summed E-state index contributed by atoms with van der Waals surface area (Å²) in [6, 6.07) is 7.82. The van der Waals surface area contributed by atoms with Crippen molar-refractivity contribution in [2.24, 2.45) is 0 Å². The topological polar surface area (TPSA) is 46.2 Å². The Morgan fingerprint density at radius 2 is 2.11 bits per heavy atom. The standard InChI is InChI=1S/C13H17NO2S2/c15-18(16)9-12(11-5-1-2-6-13(11)18)14-10-4-3-7-17-8-10/h1-2,5-6,10,12,14H,3-4,7-9H2. The van der Waals surface area contributed by atoms with E-state index in [2.05, 4.69) is 5.32 Å². The maximum absolute atomic E-state index is 12.1. The lowest BCUT2D eigenvalue weighted by Gasteiger charge is -2.26. The molecule has 5 heteroatoms. The van der Waals surface area contributed by atoms with E-state index in [1.807, 2.05) is 23.9 Å². The Labute approximate surface area is 112 Å². The van der Waals surface area contributed by atoms with Gasteiger partial charge in [-0.2, -0.15) is 11.8 Å². The summed E-state index contributed by atoms with van der Waals surface area (Å²) < 4.78 is 24.1. The monoisotopic (exact) mass is 283 g/mol. The Balaban J connectivity index is 1.83. The average molecular weight is 283 g/mol. The Morgan fingerprint density at radius 1 is 1.28 bits per heavy atom. The second-order valence-corrected chi connectivity index (χ2v) is 8.11. The van der Waals surface area contributed by atoms with Gasteiger partial charge in [0, 0.05) is 17.8 Å². The number of thioether (sulfide) groups is 1. The number of sulfone groups is 1. The molecule has 2 atom stereocenters. The zero-order valence-corrected chi connectivity index (χ0v) is 11.8. The first-order valence-electron chi connectivity index (χ1n) is 6.32. The molecule has 18 heavy (non-hydrogen) atoms. The van der Waals surface area contributed by atoms with Crippen molar-refractivity contribution in [3.63, 3.8) is 0 Å². The first-order valence-corrected chi connectivity index (χ1v) is 9.13. The van der Waals surface area contributed by atoms with E-state index in [9.17, 15) is 8.42 Å². The van der Waals surface area contributed by atoms with Gasteiger partial charge in [0.2, 0.25) is 0 Å². The third kappa shape index (κ3) is 2.31. The summed E-state index contributed by atoms with van der Waals surface area (Å²) in [4.78, 5) is 0.519. The fraction of sp³-hybridized carbons (Fsp3) is 0.538. The molecule has 1 aromatic carbocycles. The minimum absolute atomic E-state index is 0.0186. The highest BCUT2D eigenvalue weighted by Crippen LogP contribution is 2.34. The summed E-state index contributed by atoms with van der Waals surface area (Å²) in [5, 5.41) is 3.53. The normalized spacial score (nSPS) is 30.0. The van der Waals surface area contributed by atoms with E-state index < -0.39 is 9.84 Å². The SMILES string of the molecule is O=S1(=O)CC(NC2CCCSC2)c2ccccc21. The van der Waals surface area contributed by atoms with Gasteiger partial charge in [-0.15, -0.1) is 0 Å².